The van der Waals surface area contributed by atoms with E-state index < -0.39 is 10.0 Å². The predicted octanol–water partition coefficient (Wildman–Crippen LogP) is 0.460. The molecule has 0 N–H and O–H groups in total. The highest BCUT2D eigenvalue weighted by Gasteiger charge is 2.35. The van der Waals surface area contributed by atoms with Gasteiger partial charge in [-0.1, -0.05) is 0 Å². The van der Waals surface area contributed by atoms with Crippen LogP contribution in [0.4, 0.5) is 0 Å². The lowest BCUT2D eigenvalue weighted by molar-refractivity contribution is -0.152. The van der Waals surface area contributed by atoms with Crippen molar-refractivity contribution in [3.8, 4) is 0 Å². The van der Waals surface area contributed by atoms with E-state index in [2.05, 4.69) is 0 Å². The maximum absolute atomic E-state index is 12.6. The number of hydrogen-bond donors (Lipinski definition) is 0. The smallest absolute Gasteiger partial charge is 0.310 e. The summed E-state index contributed by atoms with van der Waals surface area (Å²) >= 11 is 0. The lowest BCUT2D eigenvalue weighted by Crippen LogP contribution is -2.48. The van der Waals surface area contributed by atoms with Gasteiger partial charge < -0.3 is 9.64 Å². The van der Waals surface area contributed by atoms with Gasteiger partial charge in [-0.15, -0.1) is 0 Å². The molecule has 0 bridgehead atoms. The summed E-state index contributed by atoms with van der Waals surface area (Å²) in [5, 5.41) is 0. The molecule has 0 spiro atoms. The van der Waals surface area contributed by atoms with Crippen molar-refractivity contribution >= 4 is 21.9 Å². The van der Waals surface area contributed by atoms with Gasteiger partial charge in [0.2, 0.25) is 15.9 Å². The standard InChI is InChI=1S/C15H26N2O5S/c1-3-22-15(19)13-5-4-8-16(11-13)14(18)12-6-9-17(10-7-12)23(2,20)21/h12-13H,3-11H2,1-2H3/t13-/m0/s1. The van der Waals surface area contributed by atoms with Gasteiger partial charge >= 0.3 is 5.97 Å². The van der Waals surface area contributed by atoms with Crippen LogP contribution in [0.1, 0.15) is 32.6 Å². The van der Waals surface area contributed by atoms with Gasteiger partial charge in [0.1, 0.15) is 0 Å². The average Bonchev–Trinajstić information content (AvgIpc) is 2.54. The molecule has 23 heavy (non-hydrogen) atoms. The van der Waals surface area contributed by atoms with Crippen molar-refractivity contribution in [1.29, 1.82) is 0 Å². The van der Waals surface area contributed by atoms with E-state index >= 15 is 0 Å². The number of hydrogen-bond acceptors (Lipinski definition) is 5. The van der Waals surface area contributed by atoms with Crippen molar-refractivity contribution < 1.29 is 22.7 Å². The zero-order chi connectivity index (χ0) is 17.0. The van der Waals surface area contributed by atoms with Gasteiger partial charge in [0.15, 0.2) is 0 Å². The summed E-state index contributed by atoms with van der Waals surface area (Å²) in [6, 6.07) is 0. The first-order chi connectivity index (χ1) is 10.8. The molecule has 0 unspecified atom stereocenters. The summed E-state index contributed by atoms with van der Waals surface area (Å²) < 4.78 is 29.5. The zero-order valence-corrected chi connectivity index (χ0v) is 14.7. The second-order valence-electron chi connectivity index (χ2n) is 6.31. The Bertz CT molecular complexity index is 540. The van der Waals surface area contributed by atoms with Crippen LogP contribution < -0.4 is 0 Å². The van der Waals surface area contributed by atoms with Crippen LogP contribution in [0, 0.1) is 11.8 Å². The minimum absolute atomic E-state index is 0.0483. The summed E-state index contributed by atoms with van der Waals surface area (Å²) in [5.74, 6) is -0.554. The molecule has 2 aliphatic heterocycles. The van der Waals surface area contributed by atoms with E-state index in [9.17, 15) is 18.0 Å². The molecule has 132 valence electrons. The van der Waals surface area contributed by atoms with E-state index in [4.69, 9.17) is 4.74 Å². The Hall–Kier alpha value is -1.15. The SMILES string of the molecule is CCOC(=O)[C@H]1CCCN(C(=O)C2CCN(S(C)(=O)=O)CC2)C1. The van der Waals surface area contributed by atoms with Gasteiger partial charge in [-0.2, -0.15) is 0 Å². The first-order valence-electron chi connectivity index (χ1n) is 8.23. The van der Waals surface area contributed by atoms with Crippen LogP contribution in [0.25, 0.3) is 0 Å². The molecule has 0 aromatic heterocycles. The number of esters is 1. The minimum atomic E-state index is -3.18. The number of carbonyl (C=O) groups is 2. The summed E-state index contributed by atoms with van der Waals surface area (Å²) in [5.41, 5.74) is 0. The van der Waals surface area contributed by atoms with Gasteiger partial charge in [0, 0.05) is 32.1 Å². The maximum atomic E-state index is 12.6. The first kappa shape index (κ1) is 18.2. The highest BCUT2D eigenvalue weighted by molar-refractivity contribution is 7.88. The molecule has 1 amide bonds. The topological polar surface area (TPSA) is 84.0 Å². The molecule has 1 atom stereocenters. The van der Waals surface area contributed by atoms with Crippen molar-refractivity contribution in [3.05, 3.63) is 0 Å². The minimum Gasteiger partial charge on any atom is -0.466 e. The Morgan fingerprint density at radius 2 is 1.74 bits per heavy atom. The molecule has 2 fully saturated rings. The van der Waals surface area contributed by atoms with Crippen LogP contribution in [-0.2, 0) is 24.3 Å². The number of likely N-dealkylation sites (tertiary alicyclic amines) is 1. The maximum Gasteiger partial charge on any atom is 0.310 e. The Morgan fingerprint density at radius 1 is 1.09 bits per heavy atom. The van der Waals surface area contributed by atoms with Crippen molar-refractivity contribution in [1.82, 2.24) is 9.21 Å². The summed E-state index contributed by atoms with van der Waals surface area (Å²) in [7, 11) is -3.18. The molecule has 0 aromatic rings. The highest BCUT2D eigenvalue weighted by atomic mass is 32.2. The van der Waals surface area contributed by atoms with Gasteiger partial charge in [0.05, 0.1) is 18.8 Å². The molecular weight excluding hydrogens is 320 g/mol. The second kappa shape index (κ2) is 7.61. The lowest BCUT2D eigenvalue weighted by atomic mass is 9.93. The van der Waals surface area contributed by atoms with Gasteiger partial charge in [-0.25, -0.2) is 12.7 Å². The van der Waals surface area contributed by atoms with Crippen molar-refractivity contribution in [2.45, 2.75) is 32.6 Å². The zero-order valence-electron chi connectivity index (χ0n) is 13.9. The van der Waals surface area contributed by atoms with Crippen LogP contribution in [0.5, 0.6) is 0 Å². The number of ether oxygens (including phenoxy) is 1. The van der Waals surface area contributed by atoms with Crippen LogP contribution >= 0.6 is 0 Å². The first-order valence-corrected chi connectivity index (χ1v) is 10.1. The predicted molar refractivity (Wildman–Crippen MR) is 85.1 cm³/mol. The van der Waals surface area contributed by atoms with Crippen molar-refractivity contribution in [2.24, 2.45) is 11.8 Å². The third-order valence-electron chi connectivity index (χ3n) is 4.63. The Labute approximate surface area is 138 Å². The summed E-state index contributed by atoms with van der Waals surface area (Å²) in [6.07, 6.45) is 3.86. The molecule has 2 heterocycles. The van der Waals surface area contributed by atoms with Gasteiger partial charge in [0.25, 0.3) is 0 Å². The van der Waals surface area contributed by atoms with E-state index in [0.29, 0.717) is 45.6 Å². The quantitative estimate of drug-likeness (QED) is 0.691. The largest absolute Gasteiger partial charge is 0.466 e. The lowest BCUT2D eigenvalue weighted by Gasteiger charge is -2.36. The summed E-state index contributed by atoms with van der Waals surface area (Å²) in [6.45, 7) is 4.01. The third kappa shape index (κ3) is 4.67. The Morgan fingerprint density at radius 3 is 2.30 bits per heavy atom. The van der Waals surface area contributed by atoms with E-state index in [1.165, 1.54) is 10.6 Å². The number of amides is 1. The fourth-order valence-electron chi connectivity index (χ4n) is 3.32. The number of rotatable bonds is 4. The molecule has 0 saturated carbocycles. The second-order valence-corrected chi connectivity index (χ2v) is 8.29. The van der Waals surface area contributed by atoms with Gasteiger partial charge in [-0.05, 0) is 32.6 Å². The number of nitrogens with zero attached hydrogens (tertiary/aromatic N) is 2. The van der Waals surface area contributed by atoms with E-state index in [1.807, 2.05) is 0 Å². The molecule has 7 nitrogen and oxygen atoms in total. The van der Waals surface area contributed by atoms with Crippen molar-refractivity contribution in [2.75, 3.05) is 39.0 Å². The number of piperidine rings is 2. The van der Waals surface area contributed by atoms with Crippen LogP contribution in [0.3, 0.4) is 0 Å². The molecule has 2 saturated heterocycles. The van der Waals surface area contributed by atoms with Crippen LogP contribution in [-0.4, -0.2) is 68.5 Å². The Kier molecular flexibility index (Phi) is 6.02. The van der Waals surface area contributed by atoms with Crippen LogP contribution in [0.15, 0.2) is 0 Å². The molecule has 8 heteroatoms. The van der Waals surface area contributed by atoms with Crippen molar-refractivity contribution in [3.63, 3.8) is 0 Å². The van der Waals surface area contributed by atoms with E-state index in [1.54, 1.807) is 11.8 Å². The molecule has 0 aliphatic carbocycles. The normalized spacial score (nSPS) is 24.4. The highest BCUT2D eigenvalue weighted by Crippen LogP contribution is 2.25. The molecule has 0 radical (unpaired) electrons. The molecular formula is C15H26N2O5S. The number of carbonyl (C=O) groups excluding carboxylic acids is 2. The van der Waals surface area contributed by atoms with Crippen LogP contribution in [0.2, 0.25) is 0 Å². The average molecular weight is 346 g/mol. The molecule has 2 rings (SSSR count). The summed E-state index contributed by atoms with van der Waals surface area (Å²) in [4.78, 5) is 26.3. The van der Waals surface area contributed by atoms with E-state index in [0.717, 1.165) is 12.8 Å². The molecule has 2 aliphatic rings. The van der Waals surface area contributed by atoms with Gasteiger partial charge in [-0.3, -0.25) is 9.59 Å². The van der Waals surface area contributed by atoms with E-state index in [-0.39, 0.29) is 23.7 Å². The fourth-order valence-corrected chi connectivity index (χ4v) is 4.20. The fraction of sp³-hybridized carbons (Fsp3) is 0.867. The third-order valence-corrected chi connectivity index (χ3v) is 5.93. The monoisotopic (exact) mass is 346 g/mol. The molecule has 0 aromatic carbocycles. The number of sulfonamides is 1. The Balaban J connectivity index is 1.89.